The lowest BCUT2D eigenvalue weighted by Gasteiger charge is -2.19. The second-order valence-corrected chi connectivity index (χ2v) is 7.47. The molecule has 0 aliphatic carbocycles. The number of methoxy groups -OCH3 is 2. The van der Waals surface area contributed by atoms with Crippen LogP contribution in [0.3, 0.4) is 0 Å². The smallest absolute Gasteiger partial charge is 0.241 e. The van der Waals surface area contributed by atoms with Crippen molar-refractivity contribution >= 4 is 15.7 Å². The van der Waals surface area contributed by atoms with Crippen molar-refractivity contribution in [1.82, 2.24) is 4.72 Å². The second-order valence-electron chi connectivity index (χ2n) is 5.76. The highest BCUT2D eigenvalue weighted by atomic mass is 32.2. The van der Waals surface area contributed by atoms with Gasteiger partial charge in [0.1, 0.15) is 0 Å². The maximum Gasteiger partial charge on any atom is 0.241 e. The maximum absolute atomic E-state index is 12.6. The van der Waals surface area contributed by atoms with E-state index in [1.807, 2.05) is 31.3 Å². The van der Waals surface area contributed by atoms with Crippen LogP contribution in [0.4, 0.5) is 5.69 Å². The molecule has 26 heavy (non-hydrogen) atoms. The predicted molar refractivity (Wildman–Crippen MR) is 103 cm³/mol. The van der Waals surface area contributed by atoms with Crippen molar-refractivity contribution in [3.05, 3.63) is 48.5 Å². The largest absolute Gasteiger partial charge is 0.383 e. The molecule has 1 N–H and O–H groups in total. The molecule has 0 bridgehead atoms. The molecular weight excluding hydrogens is 352 g/mol. The van der Waals surface area contributed by atoms with Gasteiger partial charge in [-0.05, 0) is 17.7 Å². The Balaban J connectivity index is 2.27. The molecule has 0 amide bonds. The first kappa shape index (κ1) is 20.4. The highest BCUT2D eigenvalue weighted by Crippen LogP contribution is 2.28. The SMILES string of the molecule is COCCNS(=O)(=O)c1[c]cccc1-c1ccc(N(C)CCOC)cc1. The summed E-state index contributed by atoms with van der Waals surface area (Å²) in [6.45, 7) is 1.94. The zero-order valence-corrected chi connectivity index (χ0v) is 16.2. The molecule has 1 radical (unpaired) electrons. The molecule has 0 aromatic heterocycles. The Bertz CT molecular complexity index is 791. The Morgan fingerprint density at radius 2 is 1.77 bits per heavy atom. The number of ether oxygens (including phenoxy) is 2. The predicted octanol–water partition coefficient (Wildman–Crippen LogP) is 2.16. The molecular formula is C19H25N2O4S. The lowest BCUT2D eigenvalue weighted by Crippen LogP contribution is -2.27. The molecule has 0 aliphatic rings. The molecule has 2 aromatic rings. The molecule has 0 atom stereocenters. The van der Waals surface area contributed by atoms with Gasteiger partial charge < -0.3 is 14.4 Å². The Labute approximate surface area is 155 Å². The number of nitrogens with zero attached hydrogens (tertiary/aromatic N) is 1. The molecule has 0 spiro atoms. The van der Waals surface area contributed by atoms with E-state index in [1.165, 1.54) is 7.11 Å². The number of likely N-dealkylation sites (N-methyl/N-ethyl adjacent to an activating group) is 1. The van der Waals surface area contributed by atoms with Crippen molar-refractivity contribution in [2.75, 3.05) is 52.5 Å². The van der Waals surface area contributed by atoms with E-state index in [2.05, 4.69) is 15.7 Å². The quantitative estimate of drug-likeness (QED) is 0.643. The van der Waals surface area contributed by atoms with Crippen LogP contribution >= 0.6 is 0 Å². The minimum atomic E-state index is -3.66. The van der Waals surface area contributed by atoms with E-state index in [-0.39, 0.29) is 11.4 Å². The van der Waals surface area contributed by atoms with Crippen LogP contribution in [0, 0.1) is 6.07 Å². The van der Waals surface area contributed by atoms with E-state index in [0.29, 0.717) is 18.8 Å². The summed E-state index contributed by atoms with van der Waals surface area (Å²) < 4.78 is 37.7. The van der Waals surface area contributed by atoms with Crippen molar-refractivity contribution in [1.29, 1.82) is 0 Å². The zero-order chi connectivity index (χ0) is 19.0. The standard InChI is InChI=1S/C19H25N2O4S/c1-21(13-15-25-3)17-10-8-16(9-11-17)18-6-4-5-7-19(18)26(22,23)20-12-14-24-2/h4-6,8-11,20H,12-15H2,1-3H3. The number of nitrogens with one attached hydrogen (secondary N) is 1. The van der Waals surface area contributed by atoms with E-state index in [1.54, 1.807) is 25.3 Å². The minimum absolute atomic E-state index is 0.136. The third kappa shape index (κ3) is 5.28. The van der Waals surface area contributed by atoms with Gasteiger partial charge >= 0.3 is 0 Å². The highest BCUT2D eigenvalue weighted by molar-refractivity contribution is 7.89. The number of hydrogen-bond donors (Lipinski definition) is 1. The van der Waals surface area contributed by atoms with Crippen molar-refractivity contribution in [2.24, 2.45) is 0 Å². The first-order chi connectivity index (χ1) is 12.5. The van der Waals surface area contributed by atoms with Crippen molar-refractivity contribution in [3.8, 4) is 11.1 Å². The molecule has 0 saturated carbocycles. The van der Waals surface area contributed by atoms with E-state index in [0.717, 1.165) is 17.8 Å². The van der Waals surface area contributed by atoms with Gasteiger partial charge in [-0.15, -0.1) is 0 Å². The molecule has 0 fully saturated rings. The van der Waals surface area contributed by atoms with Crippen molar-refractivity contribution < 1.29 is 17.9 Å². The van der Waals surface area contributed by atoms with Gasteiger partial charge in [-0.1, -0.05) is 30.3 Å². The molecule has 0 unspecified atom stereocenters. The third-order valence-electron chi connectivity index (χ3n) is 3.94. The minimum Gasteiger partial charge on any atom is -0.383 e. The van der Waals surface area contributed by atoms with Gasteiger partial charge in [0.05, 0.1) is 18.1 Å². The average Bonchev–Trinajstić information content (AvgIpc) is 2.66. The van der Waals surface area contributed by atoms with Gasteiger partial charge in [0.25, 0.3) is 0 Å². The summed E-state index contributed by atoms with van der Waals surface area (Å²) in [5, 5.41) is 0. The Kier molecular flexibility index (Phi) is 7.59. The van der Waals surface area contributed by atoms with E-state index < -0.39 is 10.0 Å². The molecule has 6 nitrogen and oxygen atoms in total. The first-order valence-corrected chi connectivity index (χ1v) is 9.77. The summed E-state index contributed by atoms with van der Waals surface area (Å²) in [5.74, 6) is 0. The lowest BCUT2D eigenvalue weighted by molar-refractivity contribution is 0.204. The van der Waals surface area contributed by atoms with Crippen LogP contribution in [-0.2, 0) is 19.5 Å². The highest BCUT2D eigenvalue weighted by Gasteiger charge is 2.19. The number of hydrogen-bond acceptors (Lipinski definition) is 5. The average molecular weight is 377 g/mol. The Morgan fingerprint density at radius 3 is 2.42 bits per heavy atom. The Hall–Kier alpha value is -1.93. The van der Waals surface area contributed by atoms with E-state index >= 15 is 0 Å². The van der Waals surface area contributed by atoms with Gasteiger partial charge in [-0.2, -0.15) is 0 Å². The molecule has 141 valence electrons. The molecule has 7 heteroatoms. The lowest BCUT2D eigenvalue weighted by atomic mass is 10.1. The number of rotatable bonds is 10. The fourth-order valence-electron chi connectivity index (χ4n) is 2.47. The summed E-state index contributed by atoms with van der Waals surface area (Å²) >= 11 is 0. The van der Waals surface area contributed by atoms with Crippen molar-refractivity contribution in [2.45, 2.75) is 4.90 Å². The van der Waals surface area contributed by atoms with Gasteiger partial charge in [0, 0.05) is 51.7 Å². The van der Waals surface area contributed by atoms with Crippen molar-refractivity contribution in [3.63, 3.8) is 0 Å². The van der Waals surface area contributed by atoms with E-state index in [9.17, 15) is 8.42 Å². The van der Waals surface area contributed by atoms with Crippen LogP contribution in [-0.4, -0.2) is 56.0 Å². The number of benzene rings is 2. The second kappa shape index (κ2) is 9.68. The van der Waals surface area contributed by atoms with Crippen LogP contribution in [0.15, 0.2) is 47.4 Å². The topological polar surface area (TPSA) is 67.9 Å². The first-order valence-electron chi connectivity index (χ1n) is 8.29. The zero-order valence-electron chi connectivity index (χ0n) is 15.4. The Morgan fingerprint density at radius 1 is 1.08 bits per heavy atom. The van der Waals surface area contributed by atoms with Crippen LogP contribution in [0.25, 0.3) is 11.1 Å². The summed E-state index contributed by atoms with van der Waals surface area (Å²) in [6, 6.07) is 15.8. The van der Waals surface area contributed by atoms with Gasteiger partial charge in [0.2, 0.25) is 10.0 Å². The summed E-state index contributed by atoms with van der Waals surface area (Å²) in [7, 11) is 1.52. The fourth-order valence-corrected chi connectivity index (χ4v) is 3.67. The number of sulfonamides is 1. The van der Waals surface area contributed by atoms with Gasteiger partial charge in [-0.3, -0.25) is 0 Å². The molecule has 0 saturated heterocycles. The third-order valence-corrected chi connectivity index (χ3v) is 5.39. The molecule has 0 aliphatic heterocycles. The fraction of sp³-hybridized carbons (Fsp3) is 0.368. The molecule has 2 aromatic carbocycles. The van der Waals surface area contributed by atoms with Crippen LogP contribution in [0.1, 0.15) is 0 Å². The molecule has 0 heterocycles. The number of anilines is 1. The van der Waals surface area contributed by atoms with Crippen LogP contribution < -0.4 is 9.62 Å². The monoisotopic (exact) mass is 377 g/mol. The van der Waals surface area contributed by atoms with Crippen LogP contribution in [0.2, 0.25) is 0 Å². The van der Waals surface area contributed by atoms with E-state index in [4.69, 9.17) is 9.47 Å². The molecule has 2 rings (SSSR count). The van der Waals surface area contributed by atoms with Gasteiger partial charge in [0.15, 0.2) is 0 Å². The van der Waals surface area contributed by atoms with Gasteiger partial charge in [-0.25, -0.2) is 13.1 Å². The summed E-state index contributed by atoms with van der Waals surface area (Å²) in [5.41, 5.74) is 2.47. The maximum atomic E-state index is 12.6. The summed E-state index contributed by atoms with van der Waals surface area (Å²) in [4.78, 5) is 2.21. The normalized spacial score (nSPS) is 11.5. The summed E-state index contributed by atoms with van der Waals surface area (Å²) in [6.07, 6.45) is 0. The van der Waals surface area contributed by atoms with Crippen LogP contribution in [0.5, 0.6) is 0 Å².